The molecule has 0 fully saturated rings. The van der Waals surface area contributed by atoms with Crippen molar-refractivity contribution in [1.29, 1.82) is 0 Å². The van der Waals surface area contributed by atoms with Gasteiger partial charge in [0.05, 0.1) is 19.2 Å². The van der Waals surface area contributed by atoms with Gasteiger partial charge in [0.25, 0.3) is 0 Å². The van der Waals surface area contributed by atoms with E-state index in [1.54, 1.807) is 0 Å². The number of alkyl halides is 2. The summed E-state index contributed by atoms with van der Waals surface area (Å²) in [6.07, 6.45) is 3.62. The number of pyridine rings is 1. The monoisotopic (exact) mass is 597 g/mol. The Bertz CT molecular complexity index is 1560. The second-order valence-corrected chi connectivity index (χ2v) is 10.5. The standard InChI is InChI=1S/C22H22ClF2N9O5S/c1-12(16(37-2)17-27-9-13(23)10-28-17)40(35,36)33-21-32-31-20(22(24,25)14-7-5-6-8-26-14)34(21)15-18(38-3)29-11-30-19(15)39-4/h5-12,16H,1-4H3,(H,32,33)/t12-,16-/m0/s1. The van der Waals surface area contributed by atoms with E-state index in [1.165, 1.54) is 59.0 Å². The summed E-state index contributed by atoms with van der Waals surface area (Å²) in [7, 11) is -0.721. The van der Waals surface area contributed by atoms with Crippen LogP contribution in [0.4, 0.5) is 14.7 Å². The molecule has 0 bridgehead atoms. The van der Waals surface area contributed by atoms with Crippen LogP contribution in [0.3, 0.4) is 0 Å². The molecule has 4 heterocycles. The van der Waals surface area contributed by atoms with Crippen LogP contribution in [0.2, 0.25) is 5.02 Å². The van der Waals surface area contributed by atoms with Crippen molar-refractivity contribution in [3.05, 3.63) is 65.5 Å². The van der Waals surface area contributed by atoms with Crippen molar-refractivity contribution in [2.45, 2.75) is 24.2 Å². The Kier molecular flexibility index (Phi) is 8.36. The number of aromatic nitrogens is 8. The summed E-state index contributed by atoms with van der Waals surface area (Å²) in [5, 5.41) is 6.23. The molecule has 14 nitrogen and oxygen atoms in total. The lowest BCUT2D eigenvalue weighted by Crippen LogP contribution is -2.34. The molecule has 212 valence electrons. The number of halogens is 3. The van der Waals surface area contributed by atoms with Gasteiger partial charge in [-0.2, -0.15) is 18.7 Å². The average Bonchev–Trinajstić information content (AvgIpc) is 3.37. The largest absolute Gasteiger partial charge is 0.479 e. The van der Waals surface area contributed by atoms with Gasteiger partial charge in [-0.1, -0.05) is 17.7 Å². The number of hydrogen-bond donors (Lipinski definition) is 1. The highest BCUT2D eigenvalue weighted by atomic mass is 35.5. The molecular formula is C22H22ClF2N9O5S. The average molecular weight is 598 g/mol. The number of ether oxygens (including phenoxy) is 3. The Morgan fingerprint density at radius 2 is 1.65 bits per heavy atom. The van der Waals surface area contributed by atoms with Crippen LogP contribution in [0.15, 0.2) is 43.1 Å². The van der Waals surface area contributed by atoms with E-state index in [0.29, 0.717) is 4.57 Å². The van der Waals surface area contributed by atoms with Gasteiger partial charge in [0.15, 0.2) is 11.5 Å². The van der Waals surface area contributed by atoms with E-state index in [1.807, 2.05) is 0 Å². The molecule has 0 aliphatic carbocycles. The first kappa shape index (κ1) is 28.9. The first-order valence-electron chi connectivity index (χ1n) is 11.3. The molecule has 2 atom stereocenters. The van der Waals surface area contributed by atoms with Crippen LogP contribution in [-0.2, 0) is 20.7 Å². The maximum Gasteiger partial charge on any atom is 0.348 e. The Balaban J connectivity index is 1.87. The molecule has 4 aromatic rings. The van der Waals surface area contributed by atoms with Crippen LogP contribution in [0.5, 0.6) is 11.8 Å². The third-order valence-corrected chi connectivity index (χ3v) is 7.48. The maximum atomic E-state index is 15.8. The molecule has 0 radical (unpaired) electrons. The van der Waals surface area contributed by atoms with Crippen LogP contribution >= 0.6 is 11.6 Å². The number of nitrogens with zero attached hydrogens (tertiary/aromatic N) is 8. The molecule has 0 saturated carbocycles. The summed E-state index contributed by atoms with van der Waals surface area (Å²) >= 11 is 5.83. The van der Waals surface area contributed by atoms with E-state index in [-0.39, 0.29) is 28.3 Å². The number of anilines is 1. The summed E-state index contributed by atoms with van der Waals surface area (Å²) in [5.74, 6) is -5.98. The maximum absolute atomic E-state index is 15.8. The lowest BCUT2D eigenvalue weighted by molar-refractivity contribution is 0.0261. The van der Waals surface area contributed by atoms with Gasteiger partial charge >= 0.3 is 5.92 Å². The molecule has 40 heavy (non-hydrogen) atoms. The van der Waals surface area contributed by atoms with E-state index in [0.717, 1.165) is 12.4 Å². The minimum Gasteiger partial charge on any atom is -0.479 e. The van der Waals surface area contributed by atoms with Crippen LogP contribution in [0, 0.1) is 0 Å². The van der Waals surface area contributed by atoms with Crippen molar-refractivity contribution in [1.82, 2.24) is 39.7 Å². The zero-order valence-corrected chi connectivity index (χ0v) is 22.9. The Morgan fingerprint density at radius 1 is 1.00 bits per heavy atom. The van der Waals surface area contributed by atoms with Gasteiger partial charge < -0.3 is 14.2 Å². The number of nitrogens with one attached hydrogen (secondary N) is 1. The predicted octanol–water partition coefficient (Wildman–Crippen LogP) is 2.57. The zero-order valence-electron chi connectivity index (χ0n) is 21.4. The van der Waals surface area contributed by atoms with Crippen molar-refractivity contribution in [2.75, 3.05) is 26.1 Å². The highest BCUT2D eigenvalue weighted by molar-refractivity contribution is 7.93. The summed E-state index contributed by atoms with van der Waals surface area (Å²) in [6.45, 7) is 1.31. The normalized spacial score (nSPS) is 13.5. The molecule has 0 aliphatic rings. The molecule has 0 amide bonds. The van der Waals surface area contributed by atoms with Crippen molar-refractivity contribution in [2.24, 2.45) is 0 Å². The lowest BCUT2D eigenvalue weighted by atomic mass is 10.2. The molecule has 0 aliphatic heterocycles. The van der Waals surface area contributed by atoms with Crippen molar-refractivity contribution >= 4 is 27.6 Å². The van der Waals surface area contributed by atoms with Gasteiger partial charge in [-0.25, -0.2) is 23.0 Å². The quantitative estimate of drug-likeness (QED) is 0.268. The molecule has 0 unspecified atom stereocenters. The second kappa shape index (κ2) is 11.6. The van der Waals surface area contributed by atoms with E-state index < -0.39 is 44.8 Å². The first-order valence-corrected chi connectivity index (χ1v) is 13.2. The number of methoxy groups -OCH3 is 3. The zero-order chi connectivity index (χ0) is 29.1. The third kappa shape index (κ3) is 5.47. The number of sulfonamides is 1. The van der Waals surface area contributed by atoms with E-state index in [2.05, 4.69) is 39.8 Å². The van der Waals surface area contributed by atoms with Crippen LogP contribution in [0.1, 0.15) is 30.4 Å². The lowest BCUT2D eigenvalue weighted by Gasteiger charge is -2.23. The fourth-order valence-electron chi connectivity index (χ4n) is 3.63. The predicted molar refractivity (Wildman–Crippen MR) is 136 cm³/mol. The molecule has 0 aromatic carbocycles. The SMILES string of the molecule is COc1ncnc(OC)c1-n1c(NS(=O)(=O)[C@@H](C)[C@H](OC)c2ncc(Cl)cn2)nnc1C(F)(F)c1ccccn1. The van der Waals surface area contributed by atoms with Gasteiger partial charge in [0.1, 0.15) is 23.4 Å². The summed E-state index contributed by atoms with van der Waals surface area (Å²) in [5.41, 5.74) is -0.974. The van der Waals surface area contributed by atoms with E-state index in [4.69, 9.17) is 25.8 Å². The summed E-state index contributed by atoms with van der Waals surface area (Å²) in [4.78, 5) is 19.7. The van der Waals surface area contributed by atoms with Gasteiger partial charge in [0, 0.05) is 25.7 Å². The van der Waals surface area contributed by atoms with E-state index in [9.17, 15) is 8.42 Å². The third-order valence-electron chi connectivity index (χ3n) is 5.59. The molecule has 4 aromatic heterocycles. The summed E-state index contributed by atoms with van der Waals surface area (Å²) < 4.78 is 77.4. The topological polar surface area (TPSA) is 169 Å². The fraction of sp³-hybridized carbons (Fsp3) is 0.318. The molecule has 18 heteroatoms. The van der Waals surface area contributed by atoms with Crippen molar-refractivity contribution in [3.8, 4) is 17.4 Å². The van der Waals surface area contributed by atoms with Crippen molar-refractivity contribution in [3.63, 3.8) is 0 Å². The number of rotatable bonds is 11. The van der Waals surface area contributed by atoms with E-state index >= 15 is 8.78 Å². The smallest absolute Gasteiger partial charge is 0.348 e. The fourth-order valence-corrected chi connectivity index (χ4v) is 4.85. The molecular weight excluding hydrogens is 576 g/mol. The van der Waals surface area contributed by atoms with Crippen LogP contribution in [0.25, 0.3) is 5.69 Å². The molecule has 0 saturated heterocycles. The Hall–Kier alpha value is -4.09. The highest BCUT2D eigenvalue weighted by Gasteiger charge is 2.44. The number of hydrogen-bond acceptors (Lipinski definition) is 12. The van der Waals surface area contributed by atoms with Crippen LogP contribution < -0.4 is 14.2 Å². The second-order valence-electron chi connectivity index (χ2n) is 7.98. The van der Waals surface area contributed by atoms with Gasteiger partial charge in [0.2, 0.25) is 33.6 Å². The van der Waals surface area contributed by atoms with Crippen molar-refractivity contribution < 1.29 is 31.4 Å². The minimum atomic E-state index is -4.44. The molecule has 1 N–H and O–H groups in total. The van der Waals surface area contributed by atoms with Gasteiger partial charge in [-0.05, 0) is 19.1 Å². The summed E-state index contributed by atoms with van der Waals surface area (Å²) in [6, 6.07) is 3.90. The minimum absolute atomic E-state index is 0.0217. The highest BCUT2D eigenvalue weighted by Crippen LogP contribution is 2.40. The molecule has 0 spiro atoms. The first-order chi connectivity index (χ1) is 19.0. The Labute approximate surface area is 231 Å². The molecule has 4 rings (SSSR count). The van der Waals surface area contributed by atoms with Crippen LogP contribution in [-0.4, -0.2) is 74.7 Å². The Morgan fingerprint density at radius 3 is 2.20 bits per heavy atom. The van der Waals surface area contributed by atoms with Gasteiger partial charge in [-0.3, -0.25) is 9.71 Å². The van der Waals surface area contributed by atoms with Gasteiger partial charge in [-0.15, -0.1) is 10.2 Å².